The van der Waals surface area contributed by atoms with Crippen LogP contribution in [0, 0.1) is 6.92 Å². The maximum Gasteiger partial charge on any atom is 0.407 e. The van der Waals surface area contributed by atoms with Crippen LogP contribution in [0.5, 0.6) is 0 Å². The number of rotatable bonds is 3. The normalized spacial score (nSPS) is 20.6. The molecule has 1 amide bonds. The molecule has 1 N–H and O–H groups in total. The van der Waals surface area contributed by atoms with Crippen molar-refractivity contribution in [2.45, 2.75) is 70.9 Å². The van der Waals surface area contributed by atoms with Gasteiger partial charge >= 0.3 is 6.09 Å². The summed E-state index contributed by atoms with van der Waals surface area (Å²) >= 11 is 0. The van der Waals surface area contributed by atoms with Gasteiger partial charge in [-0.15, -0.1) is 10.2 Å². The lowest BCUT2D eigenvalue weighted by atomic mass is 9.86. The third-order valence-electron chi connectivity index (χ3n) is 4.40. The van der Waals surface area contributed by atoms with Crippen molar-refractivity contribution >= 4 is 6.09 Å². The van der Waals surface area contributed by atoms with E-state index in [1.165, 1.54) is 0 Å². The van der Waals surface area contributed by atoms with Crippen LogP contribution < -0.4 is 5.32 Å². The van der Waals surface area contributed by atoms with E-state index in [1.54, 1.807) is 6.20 Å². The number of hydrogen-bond acceptors (Lipinski definition) is 6. The number of carbonyl (C=O) groups excluding carboxylic acids is 1. The van der Waals surface area contributed by atoms with E-state index in [1.807, 2.05) is 39.8 Å². The number of nitrogens with zero attached hydrogens (tertiary/aromatic N) is 3. The average Bonchev–Trinajstić information content (AvgIpc) is 3.04. The lowest BCUT2D eigenvalue weighted by Gasteiger charge is -2.28. The Morgan fingerprint density at radius 2 is 1.92 bits per heavy atom. The van der Waals surface area contributed by atoms with Gasteiger partial charge in [-0.3, -0.25) is 4.98 Å². The van der Waals surface area contributed by atoms with E-state index in [4.69, 9.17) is 9.15 Å². The maximum atomic E-state index is 11.9. The Balaban J connectivity index is 1.54. The van der Waals surface area contributed by atoms with Crippen molar-refractivity contribution in [3.8, 4) is 11.5 Å². The summed E-state index contributed by atoms with van der Waals surface area (Å²) in [4.78, 5) is 16.1. The zero-order valence-electron chi connectivity index (χ0n) is 15.8. The molecule has 26 heavy (non-hydrogen) atoms. The number of pyridine rings is 1. The summed E-state index contributed by atoms with van der Waals surface area (Å²) < 4.78 is 11.2. The zero-order valence-corrected chi connectivity index (χ0v) is 15.8. The van der Waals surface area contributed by atoms with Crippen molar-refractivity contribution in [3.05, 3.63) is 29.9 Å². The minimum absolute atomic E-state index is 0.129. The first-order chi connectivity index (χ1) is 12.3. The van der Waals surface area contributed by atoms with Gasteiger partial charge in [0.25, 0.3) is 0 Å². The molecule has 1 aliphatic carbocycles. The third kappa shape index (κ3) is 4.80. The van der Waals surface area contributed by atoms with Gasteiger partial charge in [-0.25, -0.2) is 4.79 Å². The lowest BCUT2D eigenvalue weighted by Crippen LogP contribution is -2.40. The predicted molar refractivity (Wildman–Crippen MR) is 96.6 cm³/mol. The van der Waals surface area contributed by atoms with Crippen LogP contribution in [-0.2, 0) is 4.74 Å². The van der Waals surface area contributed by atoms with Crippen molar-refractivity contribution < 1.29 is 13.9 Å². The molecule has 0 saturated heterocycles. The molecule has 7 heteroatoms. The lowest BCUT2D eigenvalue weighted by molar-refractivity contribution is 0.0490. The van der Waals surface area contributed by atoms with Gasteiger partial charge in [0.05, 0.1) is 5.56 Å². The number of ether oxygens (including phenoxy) is 1. The van der Waals surface area contributed by atoms with Gasteiger partial charge in [0.2, 0.25) is 11.8 Å². The highest BCUT2D eigenvalue weighted by molar-refractivity contribution is 5.68. The Labute approximate surface area is 153 Å². The molecular weight excluding hydrogens is 332 g/mol. The van der Waals surface area contributed by atoms with Gasteiger partial charge in [-0.1, -0.05) is 0 Å². The van der Waals surface area contributed by atoms with Crippen molar-refractivity contribution in [1.29, 1.82) is 0 Å². The van der Waals surface area contributed by atoms with Crippen molar-refractivity contribution in [1.82, 2.24) is 20.5 Å². The van der Waals surface area contributed by atoms with Crippen LogP contribution in [-0.4, -0.2) is 32.9 Å². The number of aromatic nitrogens is 3. The number of amides is 1. The molecule has 0 spiro atoms. The molecule has 0 unspecified atom stereocenters. The van der Waals surface area contributed by atoms with Crippen LogP contribution >= 0.6 is 0 Å². The highest BCUT2D eigenvalue weighted by atomic mass is 16.6. The highest BCUT2D eigenvalue weighted by Gasteiger charge is 2.28. The summed E-state index contributed by atoms with van der Waals surface area (Å²) in [5.74, 6) is 1.39. The molecule has 0 aromatic carbocycles. The second kappa shape index (κ2) is 7.43. The molecule has 0 radical (unpaired) electrons. The van der Waals surface area contributed by atoms with Gasteiger partial charge in [-0.2, -0.15) is 0 Å². The van der Waals surface area contributed by atoms with E-state index in [0.717, 1.165) is 36.9 Å². The average molecular weight is 358 g/mol. The third-order valence-corrected chi connectivity index (χ3v) is 4.40. The summed E-state index contributed by atoms with van der Waals surface area (Å²) in [5.41, 5.74) is 1.30. The molecule has 7 nitrogen and oxygen atoms in total. The minimum atomic E-state index is -0.480. The fourth-order valence-electron chi connectivity index (χ4n) is 3.07. The highest BCUT2D eigenvalue weighted by Crippen LogP contribution is 2.33. The molecule has 2 aromatic rings. The van der Waals surface area contributed by atoms with Crippen LogP contribution in [0.4, 0.5) is 4.79 Å². The van der Waals surface area contributed by atoms with Gasteiger partial charge in [0.1, 0.15) is 5.60 Å². The minimum Gasteiger partial charge on any atom is -0.444 e. The molecule has 1 fully saturated rings. The standard InChI is InChI=1S/C19H26N4O3/c1-12-5-6-14(11-20-12)17-23-22-16(25-17)13-7-9-15(10-8-13)21-18(24)26-19(2,3)4/h5-6,11,13,15H,7-10H2,1-4H3,(H,21,24). The van der Waals surface area contributed by atoms with Crippen LogP contribution in [0.25, 0.3) is 11.5 Å². The van der Waals surface area contributed by atoms with Gasteiger partial charge in [-0.05, 0) is 65.5 Å². The monoisotopic (exact) mass is 358 g/mol. The molecular formula is C19H26N4O3. The van der Waals surface area contributed by atoms with E-state index in [-0.39, 0.29) is 18.1 Å². The summed E-state index contributed by atoms with van der Waals surface area (Å²) in [6, 6.07) is 3.98. The second-order valence-electron chi connectivity index (χ2n) is 7.83. The van der Waals surface area contributed by atoms with Gasteiger partial charge in [0.15, 0.2) is 0 Å². The quantitative estimate of drug-likeness (QED) is 0.892. The molecule has 3 rings (SSSR count). The van der Waals surface area contributed by atoms with Gasteiger partial charge < -0.3 is 14.5 Å². The van der Waals surface area contributed by atoms with E-state index < -0.39 is 5.60 Å². The Morgan fingerprint density at radius 3 is 2.54 bits per heavy atom. The molecule has 1 aliphatic rings. The molecule has 0 bridgehead atoms. The largest absolute Gasteiger partial charge is 0.444 e. The maximum absolute atomic E-state index is 11.9. The van der Waals surface area contributed by atoms with Crippen molar-refractivity contribution in [2.75, 3.05) is 0 Å². The topological polar surface area (TPSA) is 90.1 Å². The first-order valence-corrected chi connectivity index (χ1v) is 9.06. The molecule has 1 saturated carbocycles. The van der Waals surface area contributed by atoms with Crippen LogP contribution in [0.3, 0.4) is 0 Å². The summed E-state index contributed by atoms with van der Waals surface area (Å²) in [6.45, 7) is 7.52. The van der Waals surface area contributed by atoms with Crippen LogP contribution in [0.15, 0.2) is 22.7 Å². The van der Waals surface area contributed by atoms with E-state index in [9.17, 15) is 4.79 Å². The van der Waals surface area contributed by atoms with Crippen LogP contribution in [0.1, 0.15) is 64.0 Å². The summed E-state index contributed by atoms with van der Waals surface area (Å²) in [6.07, 6.45) is 4.92. The number of aryl methyl sites for hydroxylation is 1. The zero-order chi connectivity index (χ0) is 18.7. The number of carbonyl (C=O) groups is 1. The number of alkyl carbamates (subject to hydrolysis) is 1. The Bertz CT molecular complexity index is 741. The number of hydrogen-bond donors (Lipinski definition) is 1. The fraction of sp³-hybridized carbons (Fsp3) is 0.579. The van der Waals surface area contributed by atoms with Gasteiger partial charge in [0, 0.05) is 23.9 Å². The molecule has 2 aromatic heterocycles. The fourth-order valence-corrected chi connectivity index (χ4v) is 3.07. The van der Waals surface area contributed by atoms with Crippen LogP contribution in [0.2, 0.25) is 0 Å². The molecule has 140 valence electrons. The Morgan fingerprint density at radius 1 is 1.19 bits per heavy atom. The summed E-state index contributed by atoms with van der Waals surface area (Å²) in [7, 11) is 0. The van der Waals surface area contributed by atoms with E-state index in [2.05, 4.69) is 20.5 Å². The SMILES string of the molecule is Cc1ccc(-c2nnc(C3CCC(NC(=O)OC(C)(C)C)CC3)o2)cn1. The van der Waals surface area contributed by atoms with Crippen molar-refractivity contribution in [3.63, 3.8) is 0 Å². The molecule has 2 heterocycles. The van der Waals surface area contributed by atoms with E-state index >= 15 is 0 Å². The molecule has 0 aliphatic heterocycles. The smallest absolute Gasteiger partial charge is 0.407 e. The first-order valence-electron chi connectivity index (χ1n) is 9.06. The first kappa shape index (κ1) is 18.4. The van der Waals surface area contributed by atoms with E-state index in [0.29, 0.717) is 11.8 Å². The Hall–Kier alpha value is -2.44. The van der Waals surface area contributed by atoms with Crippen molar-refractivity contribution in [2.24, 2.45) is 0 Å². The molecule has 0 atom stereocenters. The predicted octanol–water partition coefficient (Wildman–Crippen LogP) is 3.99. The Kier molecular flexibility index (Phi) is 5.25. The number of nitrogens with one attached hydrogen (secondary N) is 1. The second-order valence-corrected chi connectivity index (χ2v) is 7.83. The summed E-state index contributed by atoms with van der Waals surface area (Å²) in [5, 5.41) is 11.3.